The molecular weight excluding hydrogens is 396 g/mol. The summed E-state index contributed by atoms with van der Waals surface area (Å²) in [7, 11) is -3.90. The molecule has 0 bridgehead atoms. The van der Waals surface area contributed by atoms with E-state index in [1.807, 2.05) is 5.38 Å². The summed E-state index contributed by atoms with van der Waals surface area (Å²) in [5.41, 5.74) is -0.298. The number of carbonyl (C=O) groups excluding carboxylic acids is 1. The van der Waals surface area contributed by atoms with Crippen LogP contribution in [0.15, 0.2) is 58.8 Å². The van der Waals surface area contributed by atoms with Gasteiger partial charge in [-0.05, 0) is 29.6 Å². The number of carbonyl (C=O) groups is 1. The summed E-state index contributed by atoms with van der Waals surface area (Å²) in [5.74, 6) is -0.0993. The molecule has 0 radical (unpaired) electrons. The molecule has 0 amide bonds. The Balaban J connectivity index is 1.72. The molecule has 2 aromatic heterocycles. The van der Waals surface area contributed by atoms with E-state index in [4.69, 9.17) is 0 Å². The van der Waals surface area contributed by atoms with E-state index in [1.54, 1.807) is 24.3 Å². The summed E-state index contributed by atoms with van der Waals surface area (Å²) in [6.07, 6.45) is 0. The van der Waals surface area contributed by atoms with Gasteiger partial charge >= 0.3 is 0 Å². The SMILES string of the molecule is O=C(c1cccs1)c1ccc(CNS(=O)(=O)c2cccc([N+](=O)[O-])c2)s1. The number of sulfonamides is 1. The standard InChI is InChI=1S/C16H12N2O5S3/c19-16(14-5-2-8-24-14)15-7-6-12(25-15)10-17-26(22,23)13-4-1-3-11(9-13)18(20)21/h1-9,17H,10H2. The lowest BCUT2D eigenvalue weighted by Crippen LogP contribution is -2.22. The minimum absolute atomic E-state index is 0.00654. The molecule has 0 atom stereocenters. The number of nitro benzene ring substituents is 1. The molecule has 0 fully saturated rings. The lowest BCUT2D eigenvalue weighted by atomic mass is 10.3. The molecule has 3 rings (SSSR count). The van der Waals surface area contributed by atoms with Gasteiger partial charge in [0, 0.05) is 23.6 Å². The van der Waals surface area contributed by atoms with Crippen molar-refractivity contribution in [1.29, 1.82) is 0 Å². The van der Waals surface area contributed by atoms with Crippen LogP contribution in [0.3, 0.4) is 0 Å². The van der Waals surface area contributed by atoms with Gasteiger partial charge in [-0.15, -0.1) is 22.7 Å². The van der Waals surface area contributed by atoms with E-state index in [1.165, 1.54) is 40.9 Å². The van der Waals surface area contributed by atoms with Crippen molar-refractivity contribution in [3.05, 3.63) is 78.7 Å². The largest absolute Gasteiger partial charge is 0.287 e. The molecule has 3 aromatic rings. The number of thiophene rings is 2. The molecule has 2 heterocycles. The maximum atomic E-state index is 12.3. The van der Waals surface area contributed by atoms with Gasteiger partial charge in [-0.3, -0.25) is 14.9 Å². The average Bonchev–Trinajstić information content (AvgIpc) is 3.31. The molecule has 0 unspecified atom stereocenters. The van der Waals surface area contributed by atoms with Gasteiger partial charge < -0.3 is 0 Å². The zero-order valence-corrected chi connectivity index (χ0v) is 15.6. The van der Waals surface area contributed by atoms with Crippen LogP contribution in [0.2, 0.25) is 0 Å². The summed E-state index contributed by atoms with van der Waals surface area (Å²) < 4.78 is 27.0. The zero-order valence-electron chi connectivity index (χ0n) is 13.1. The number of nitrogens with one attached hydrogen (secondary N) is 1. The van der Waals surface area contributed by atoms with E-state index in [0.29, 0.717) is 14.6 Å². The Morgan fingerprint density at radius 1 is 1.12 bits per heavy atom. The second-order valence-corrected chi connectivity index (χ2v) is 9.03. The summed E-state index contributed by atoms with van der Waals surface area (Å²) in [5, 5.41) is 12.6. The number of hydrogen-bond donors (Lipinski definition) is 1. The lowest BCUT2D eigenvalue weighted by molar-refractivity contribution is -0.385. The van der Waals surface area contributed by atoms with E-state index in [-0.39, 0.29) is 22.9 Å². The number of ketones is 1. The van der Waals surface area contributed by atoms with Crippen molar-refractivity contribution >= 4 is 44.2 Å². The molecule has 26 heavy (non-hydrogen) atoms. The van der Waals surface area contributed by atoms with Gasteiger partial charge in [0.05, 0.1) is 19.6 Å². The molecule has 7 nitrogen and oxygen atoms in total. The minimum Gasteiger partial charge on any atom is -0.287 e. The number of hydrogen-bond acceptors (Lipinski definition) is 7. The number of rotatable bonds is 7. The third-order valence-electron chi connectivity index (χ3n) is 3.41. The number of non-ortho nitro benzene ring substituents is 1. The van der Waals surface area contributed by atoms with Crippen molar-refractivity contribution in [3.8, 4) is 0 Å². The number of nitrogens with zero attached hydrogens (tertiary/aromatic N) is 1. The van der Waals surface area contributed by atoms with E-state index in [0.717, 1.165) is 6.07 Å². The third kappa shape index (κ3) is 4.05. The first-order valence-electron chi connectivity index (χ1n) is 7.28. The van der Waals surface area contributed by atoms with Crippen molar-refractivity contribution in [2.45, 2.75) is 11.4 Å². The second-order valence-electron chi connectivity index (χ2n) is 5.15. The molecule has 0 saturated carbocycles. The molecule has 1 N–H and O–H groups in total. The van der Waals surface area contributed by atoms with E-state index < -0.39 is 14.9 Å². The van der Waals surface area contributed by atoms with Gasteiger partial charge in [-0.1, -0.05) is 12.1 Å². The maximum Gasteiger partial charge on any atom is 0.270 e. The van der Waals surface area contributed by atoms with Crippen LogP contribution in [-0.4, -0.2) is 19.1 Å². The molecular formula is C16H12N2O5S3. The zero-order chi connectivity index (χ0) is 18.7. The van der Waals surface area contributed by atoms with Gasteiger partial charge in [0.15, 0.2) is 0 Å². The summed E-state index contributed by atoms with van der Waals surface area (Å²) >= 11 is 2.55. The Morgan fingerprint density at radius 3 is 2.62 bits per heavy atom. The monoisotopic (exact) mass is 408 g/mol. The Hall–Kier alpha value is -2.40. The van der Waals surface area contributed by atoms with Crippen LogP contribution in [0.1, 0.15) is 19.4 Å². The first-order chi connectivity index (χ1) is 12.4. The van der Waals surface area contributed by atoms with Gasteiger partial charge in [-0.2, -0.15) is 0 Å². The Kier molecular flexibility index (Phi) is 5.28. The van der Waals surface area contributed by atoms with Crippen molar-refractivity contribution in [3.63, 3.8) is 0 Å². The average molecular weight is 408 g/mol. The lowest BCUT2D eigenvalue weighted by Gasteiger charge is -2.05. The van der Waals surface area contributed by atoms with E-state index in [9.17, 15) is 23.3 Å². The predicted molar refractivity (Wildman–Crippen MR) is 99.2 cm³/mol. The van der Waals surface area contributed by atoms with Gasteiger partial charge in [0.25, 0.3) is 5.69 Å². The Bertz CT molecular complexity index is 1060. The fourth-order valence-electron chi connectivity index (χ4n) is 2.14. The third-order valence-corrected chi connectivity index (χ3v) is 6.76. The smallest absolute Gasteiger partial charge is 0.270 e. The highest BCUT2D eigenvalue weighted by Gasteiger charge is 2.18. The first-order valence-corrected chi connectivity index (χ1v) is 10.5. The summed E-state index contributed by atoms with van der Waals surface area (Å²) in [4.78, 5) is 24.0. The second kappa shape index (κ2) is 7.46. The predicted octanol–water partition coefficient (Wildman–Crippen LogP) is 3.43. The summed E-state index contributed by atoms with van der Waals surface area (Å²) in [6, 6.07) is 11.7. The number of benzene rings is 1. The molecule has 0 aliphatic carbocycles. The first kappa shape index (κ1) is 18.4. The highest BCUT2D eigenvalue weighted by Crippen LogP contribution is 2.23. The Labute approximate surface area is 157 Å². The summed E-state index contributed by atoms with van der Waals surface area (Å²) in [6.45, 7) is -0.00654. The quantitative estimate of drug-likeness (QED) is 0.366. The van der Waals surface area contributed by atoms with Crippen LogP contribution in [0, 0.1) is 10.1 Å². The molecule has 0 saturated heterocycles. The number of nitro groups is 1. The van der Waals surface area contributed by atoms with Crippen LogP contribution in [0.4, 0.5) is 5.69 Å². The maximum absolute atomic E-state index is 12.3. The fraction of sp³-hybridized carbons (Fsp3) is 0.0625. The molecule has 1 aromatic carbocycles. The van der Waals surface area contributed by atoms with Crippen molar-refractivity contribution in [2.24, 2.45) is 0 Å². The van der Waals surface area contributed by atoms with Gasteiger partial charge in [0.1, 0.15) is 0 Å². The van der Waals surface area contributed by atoms with Crippen LogP contribution in [0.5, 0.6) is 0 Å². The van der Waals surface area contributed by atoms with Gasteiger partial charge in [0.2, 0.25) is 15.8 Å². The molecule has 10 heteroatoms. The normalized spacial score (nSPS) is 11.4. The van der Waals surface area contributed by atoms with Crippen molar-refractivity contribution in [1.82, 2.24) is 4.72 Å². The van der Waals surface area contributed by atoms with E-state index >= 15 is 0 Å². The molecule has 0 aliphatic rings. The van der Waals surface area contributed by atoms with Crippen LogP contribution in [-0.2, 0) is 16.6 Å². The van der Waals surface area contributed by atoms with Crippen molar-refractivity contribution < 1.29 is 18.1 Å². The van der Waals surface area contributed by atoms with Crippen LogP contribution in [0.25, 0.3) is 0 Å². The molecule has 0 aliphatic heterocycles. The topological polar surface area (TPSA) is 106 Å². The van der Waals surface area contributed by atoms with Gasteiger partial charge in [-0.25, -0.2) is 13.1 Å². The fourth-order valence-corrected chi connectivity index (χ4v) is 4.92. The molecule has 0 spiro atoms. The molecule has 134 valence electrons. The van der Waals surface area contributed by atoms with E-state index in [2.05, 4.69) is 4.72 Å². The van der Waals surface area contributed by atoms with Crippen LogP contribution >= 0.6 is 22.7 Å². The highest BCUT2D eigenvalue weighted by atomic mass is 32.2. The minimum atomic E-state index is -3.90. The Morgan fingerprint density at radius 2 is 1.92 bits per heavy atom. The van der Waals surface area contributed by atoms with Crippen LogP contribution < -0.4 is 4.72 Å². The highest BCUT2D eigenvalue weighted by molar-refractivity contribution is 7.89. The van der Waals surface area contributed by atoms with Crippen molar-refractivity contribution in [2.75, 3.05) is 0 Å².